The quantitative estimate of drug-likeness (QED) is 0.671. The summed E-state index contributed by atoms with van der Waals surface area (Å²) in [6.07, 6.45) is 0. The Kier molecular flexibility index (Phi) is 5.18. The van der Waals surface area contributed by atoms with Gasteiger partial charge in [0.2, 0.25) is 0 Å². The van der Waals surface area contributed by atoms with Crippen LogP contribution in [0.1, 0.15) is 15.2 Å². The van der Waals surface area contributed by atoms with Crippen LogP contribution in [-0.4, -0.2) is 37.1 Å². The topological polar surface area (TPSA) is 83.6 Å². The van der Waals surface area contributed by atoms with Gasteiger partial charge >= 0.3 is 6.03 Å². The molecule has 1 aliphatic heterocycles. The fourth-order valence-electron chi connectivity index (χ4n) is 3.15. The highest BCUT2D eigenvalue weighted by Gasteiger charge is 2.21. The Morgan fingerprint density at radius 1 is 1.17 bits per heavy atom. The van der Waals surface area contributed by atoms with Gasteiger partial charge in [-0.15, -0.1) is 11.3 Å². The van der Waals surface area contributed by atoms with Crippen LogP contribution in [0.4, 0.5) is 15.6 Å². The van der Waals surface area contributed by atoms with Gasteiger partial charge < -0.3 is 10.1 Å². The number of hydrogen-bond acceptors (Lipinski definition) is 5. The fraction of sp³-hybridized carbons (Fsp3) is 0.190. The second-order valence-electron chi connectivity index (χ2n) is 6.54. The highest BCUT2D eigenvalue weighted by Crippen LogP contribution is 2.31. The maximum absolute atomic E-state index is 12.6. The number of nitrogens with zero attached hydrogens (tertiary/aromatic N) is 2. The number of ether oxygens (including phenoxy) is 1. The van der Waals surface area contributed by atoms with Crippen LogP contribution in [-0.2, 0) is 0 Å². The van der Waals surface area contributed by atoms with Crippen molar-refractivity contribution in [3.63, 3.8) is 0 Å². The molecule has 8 heteroatoms. The third-order valence-corrected chi connectivity index (χ3v) is 5.56. The lowest BCUT2D eigenvalue weighted by Crippen LogP contribution is -2.27. The summed E-state index contributed by atoms with van der Waals surface area (Å²) in [5.74, 6) is 0.544. The Balaban J connectivity index is 1.47. The van der Waals surface area contributed by atoms with Crippen LogP contribution in [0.2, 0.25) is 0 Å². The van der Waals surface area contributed by atoms with Crippen molar-refractivity contribution in [2.45, 2.75) is 6.92 Å². The van der Waals surface area contributed by atoms with Gasteiger partial charge in [-0.25, -0.2) is 9.78 Å². The Morgan fingerprint density at radius 2 is 1.90 bits per heavy atom. The number of carbonyl (C=O) groups is 2. The van der Waals surface area contributed by atoms with E-state index in [0.29, 0.717) is 23.8 Å². The SMILES string of the molecule is COc1ccc(-c2nc(NC(=O)c3ccc(N4CCNC4=O)cc3)sc2C)cc1. The van der Waals surface area contributed by atoms with Crippen molar-refractivity contribution in [2.75, 3.05) is 30.4 Å². The molecule has 2 N–H and O–H groups in total. The number of rotatable bonds is 5. The fourth-order valence-corrected chi connectivity index (χ4v) is 3.98. The Morgan fingerprint density at radius 3 is 2.52 bits per heavy atom. The smallest absolute Gasteiger partial charge is 0.321 e. The molecule has 0 spiro atoms. The largest absolute Gasteiger partial charge is 0.497 e. The molecular weight excluding hydrogens is 388 g/mol. The van der Waals surface area contributed by atoms with E-state index in [9.17, 15) is 9.59 Å². The van der Waals surface area contributed by atoms with Crippen molar-refractivity contribution in [3.05, 3.63) is 59.0 Å². The molecule has 0 unspecified atom stereocenters. The van der Waals surface area contributed by atoms with Crippen LogP contribution in [0.5, 0.6) is 5.75 Å². The summed E-state index contributed by atoms with van der Waals surface area (Å²) in [7, 11) is 1.63. The number of methoxy groups -OCH3 is 1. The minimum atomic E-state index is -0.238. The molecule has 148 valence electrons. The predicted octanol–water partition coefficient (Wildman–Crippen LogP) is 3.91. The molecule has 0 bridgehead atoms. The Hall–Kier alpha value is -3.39. The molecule has 3 aromatic rings. The van der Waals surface area contributed by atoms with E-state index in [-0.39, 0.29) is 11.9 Å². The molecule has 0 atom stereocenters. The molecule has 29 heavy (non-hydrogen) atoms. The summed E-state index contributed by atoms with van der Waals surface area (Å²) in [6.45, 7) is 3.22. The third kappa shape index (κ3) is 3.93. The molecule has 1 fully saturated rings. The first-order chi connectivity index (χ1) is 14.0. The number of aryl methyl sites for hydroxylation is 1. The number of aromatic nitrogens is 1. The normalized spacial score (nSPS) is 13.3. The highest BCUT2D eigenvalue weighted by molar-refractivity contribution is 7.16. The van der Waals surface area contributed by atoms with Gasteiger partial charge in [-0.05, 0) is 55.5 Å². The minimum Gasteiger partial charge on any atom is -0.497 e. The van der Waals surface area contributed by atoms with Crippen molar-refractivity contribution in [2.24, 2.45) is 0 Å². The van der Waals surface area contributed by atoms with Crippen LogP contribution in [0.15, 0.2) is 48.5 Å². The molecule has 0 saturated carbocycles. The van der Waals surface area contributed by atoms with Gasteiger partial charge in [-0.1, -0.05) is 0 Å². The van der Waals surface area contributed by atoms with Gasteiger partial charge in [0.1, 0.15) is 5.75 Å². The maximum atomic E-state index is 12.6. The highest BCUT2D eigenvalue weighted by atomic mass is 32.1. The molecule has 4 rings (SSSR count). The van der Waals surface area contributed by atoms with Gasteiger partial charge in [0.25, 0.3) is 5.91 Å². The van der Waals surface area contributed by atoms with Crippen LogP contribution in [0, 0.1) is 6.92 Å². The van der Waals surface area contributed by atoms with Gasteiger partial charge in [0, 0.05) is 34.8 Å². The van der Waals surface area contributed by atoms with Gasteiger partial charge in [0.15, 0.2) is 5.13 Å². The lowest BCUT2D eigenvalue weighted by molar-refractivity contribution is 0.102. The zero-order chi connectivity index (χ0) is 20.4. The summed E-state index contributed by atoms with van der Waals surface area (Å²) in [5, 5.41) is 6.16. The molecule has 2 heterocycles. The number of carbonyl (C=O) groups excluding carboxylic acids is 2. The number of amides is 3. The second-order valence-corrected chi connectivity index (χ2v) is 7.74. The van der Waals surface area contributed by atoms with Crippen molar-refractivity contribution < 1.29 is 14.3 Å². The lowest BCUT2D eigenvalue weighted by Gasteiger charge is -2.14. The van der Waals surface area contributed by atoms with E-state index >= 15 is 0 Å². The third-order valence-electron chi connectivity index (χ3n) is 4.68. The Bertz CT molecular complexity index is 1040. The average Bonchev–Trinajstić information content (AvgIpc) is 3.33. The lowest BCUT2D eigenvalue weighted by atomic mass is 10.1. The zero-order valence-corrected chi connectivity index (χ0v) is 16.9. The van der Waals surface area contributed by atoms with Gasteiger partial charge in [-0.3, -0.25) is 15.0 Å². The van der Waals surface area contributed by atoms with Crippen molar-refractivity contribution in [1.82, 2.24) is 10.3 Å². The number of anilines is 2. The standard InChI is InChI=1S/C21H20N4O3S/c1-13-18(14-5-9-17(28-2)10-6-14)23-20(29-13)24-19(26)15-3-7-16(8-4-15)25-12-11-22-21(25)27/h3-10H,11-12H2,1-2H3,(H,22,27)(H,23,24,26). The number of thiazole rings is 1. The first-order valence-electron chi connectivity index (χ1n) is 9.14. The summed E-state index contributed by atoms with van der Waals surface area (Å²) in [5.41, 5.74) is 3.08. The summed E-state index contributed by atoms with van der Waals surface area (Å²) in [6, 6.07) is 14.5. The van der Waals surface area contributed by atoms with Crippen LogP contribution < -0.4 is 20.3 Å². The number of nitrogens with one attached hydrogen (secondary N) is 2. The van der Waals surface area contributed by atoms with Gasteiger partial charge in [0.05, 0.1) is 12.8 Å². The maximum Gasteiger partial charge on any atom is 0.321 e. The minimum absolute atomic E-state index is 0.119. The van der Waals surface area contributed by atoms with E-state index in [2.05, 4.69) is 15.6 Å². The molecular formula is C21H20N4O3S. The van der Waals surface area contributed by atoms with Gasteiger partial charge in [-0.2, -0.15) is 0 Å². The molecule has 1 aromatic heterocycles. The Labute approximate surface area is 172 Å². The van der Waals surface area contributed by atoms with Crippen LogP contribution in [0.3, 0.4) is 0 Å². The van der Waals surface area contributed by atoms with Crippen LogP contribution in [0.25, 0.3) is 11.3 Å². The molecule has 1 saturated heterocycles. The predicted molar refractivity (Wildman–Crippen MR) is 114 cm³/mol. The molecule has 3 amide bonds. The van der Waals surface area contributed by atoms with E-state index in [1.54, 1.807) is 36.3 Å². The van der Waals surface area contributed by atoms with Crippen molar-refractivity contribution >= 4 is 34.1 Å². The first-order valence-corrected chi connectivity index (χ1v) is 9.95. The summed E-state index contributed by atoms with van der Waals surface area (Å²) < 4.78 is 5.19. The summed E-state index contributed by atoms with van der Waals surface area (Å²) in [4.78, 5) is 31.6. The average molecular weight is 408 g/mol. The van der Waals surface area contributed by atoms with E-state index in [1.807, 2.05) is 31.2 Å². The zero-order valence-electron chi connectivity index (χ0n) is 16.1. The van der Waals surface area contributed by atoms with Crippen molar-refractivity contribution in [3.8, 4) is 17.0 Å². The molecule has 1 aliphatic rings. The number of benzene rings is 2. The van der Waals surface area contributed by atoms with E-state index in [4.69, 9.17) is 4.74 Å². The van der Waals surface area contributed by atoms with E-state index in [0.717, 1.165) is 27.6 Å². The molecule has 2 aromatic carbocycles. The van der Waals surface area contributed by atoms with Crippen LogP contribution >= 0.6 is 11.3 Å². The molecule has 0 radical (unpaired) electrons. The molecule has 0 aliphatic carbocycles. The molecule has 7 nitrogen and oxygen atoms in total. The monoisotopic (exact) mass is 408 g/mol. The van der Waals surface area contributed by atoms with E-state index in [1.165, 1.54) is 11.3 Å². The van der Waals surface area contributed by atoms with Crippen molar-refractivity contribution in [1.29, 1.82) is 0 Å². The second kappa shape index (κ2) is 7.92. The summed E-state index contributed by atoms with van der Waals surface area (Å²) >= 11 is 1.43. The first kappa shape index (κ1) is 18.9. The van der Waals surface area contributed by atoms with E-state index < -0.39 is 0 Å². The number of urea groups is 1. The number of hydrogen-bond donors (Lipinski definition) is 2.